The van der Waals surface area contributed by atoms with E-state index in [9.17, 15) is 0 Å². The van der Waals surface area contributed by atoms with Crippen molar-refractivity contribution in [3.8, 4) is 11.1 Å². The average Bonchev–Trinajstić information content (AvgIpc) is 2.30. The van der Waals surface area contributed by atoms with E-state index in [1.54, 1.807) is 30.6 Å². The highest BCUT2D eigenvalue weighted by atomic mass is 16.4. The SMILES string of the molecule is Nc1ncc(B(O)O)cc1-c1ccncc1. The Morgan fingerprint density at radius 3 is 2.50 bits per heavy atom. The van der Waals surface area contributed by atoms with Crippen molar-refractivity contribution < 1.29 is 10.0 Å². The second-order valence-electron chi connectivity index (χ2n) is 3.31. The van der Waals surface area contributed by atoms with Gasteiger partial charge in [-0.05, 0) is 23.8 Å². The van der Waals surface area contributed by atoms with E-state index in [0.717, 1.165) is 5.56 Å². The van der Waals surface area contributed by atoms with Crippen LogP contribution in [0.5, 0.6) is 0 Å². The first-order chi connectivity index (χ1) is 7.68. The topological polar surface area (TPSA) is 92.3 Å². The zero-order valence-corrected chi connectivity index (χ0v) is 8.41. The zero-order chi connectivity index (χ0) is 11.5. The van der Waals surface area contributed by atoms with Crippen molar-refractivity contribution in [2.45, 2.75) is 0 Å². The Labute approximate surface area is 92.7 Å². The molecule has 2 aromatic rings. The molecule has 2 aromatic heterocycles. The molecule has 6 heteroatoms. The first-order valence-electron chi connectivity index (χ1n) is 4.70. The normalized spacial score (nSPS) is 10.1. The molecular formula is C10H10BN3O2. The van der Waals surface area contributed by atoms with E-state index in [2.05, 4.69) is 9.97 Å². The van der Waals surface area contributed by atoms with Crippen LogP contribution in [0.4, 0.5) is 5.82 Å². The van der Waals surface area contributed by atoms with E-state index in [0.29, 0.717) is 16.8 Å². The van der Waals surface area contributed by atoms with E-state index < -0.39 is 7.12 Å². The molecule has 4 N–H and O–H groups in total. The molecule has 0 aliphatic rings. The summed E-state index contributed by atoms with van der Waals surface area (Å²) in [5.41, 5.74) is 7.53. The van der Waals surface area contributed by atoms with Crippen LogP contribution in [-0.4, -0.2) is 27.1 Å². The highest BCUT2D eigenvalue weighted by molar-refractivity contribution is 6.58. The lowest BCUT2D eigenvalue weighted by atomic mass is 9.80. The van der Waals surface area contributed by atoms with Gasteiger partial charge in [0.25, 0.3) is 0 Å². The predicted octanol–water partition coefficient (Wildman–Crippen LogP) is -0.594. The molecule has 0 amide bonds. The Balaban J connectivity index is 2.52. The fourth-order valence-electron chi connectivity index (χ4n) is 1.40. The lowest BCUT2D eigenvalue weighted by Gasteiger charge is -2.07. The molecule has 0 spiro atoms. The quantitative estimate of drug-likeness (QED) is 0.582. The van der Waals surface area contributed by atoms with Crippen molar-refractivity contribution in [3.05, 3.63) is 36.8 Å². The first kappa shape index (κ1) is 10.6. The van der Waals surface area contributed by atoms with Crippen LogP contribution in [-0.2, 0) is 0 Å². The third-order valence-electron chi connectivity index (χ3n) is 2.23. The van der Waals surface area contributed by atoms with Crippen LogP contribution < -0.4 is 11.2 Å². The molecule has 0 saturated carbocycles. The maximum Gasteiger partial charge on any atom is 0.490 e. The summed E-state index contributed by atoms with van der Waals surface area (Å²) >= 11 is 0. The highest BCUT2D eigenvalue weighted by Gasteiger charge is 2.14. The number of nitrogens with two attached hydrogens (primary N) is 1. The molecule has 0 saturated heterocycles. The van der Waals surface area contributed by atoms with Gasteiger partial charge in [0.05, 0.1) is 0 Å². The molecule has 0 unspecified atom stereocenters. The minimum atomic E-state index is -1.55. The Hall–Kier alpha value is -1.92. The van der Waals surface area contributed by atoms with Gasteiger partial charge in [-0.3, -0.25) is 4.98 Å². The minimum absolute atomic E-state index is 0.306. The molecule has 2 rings (SSSR count). The van der Waals surface area contributed by atoms with Gasteiger partial charge < -0.3 is 15.8 Å². The Morgan fingerprint density at radius 2 is 1.88 bits per heavy atom. The van der Waals surface area contributed by atoms with Crippen LogP contribution in [0.3, 0.4) is 0 Å². The van der Waals surface area contributed by atoms with Gasteiger partial charge in [-0.2, -0.15) is 0 Å². The summed E-state index contributed by atoms with van der Waals surface area (Å²) in [4.78, 5) is 7.81. The van der Waals surface area contributed by atoms with Crippen molar-refractivity contribution in [1.82, 2.24) is 9.97 Å². The van der Waals surface area contributed by atoms with E-state index in [-0.39, 0.29) is 0 Å². The van der Waals surface area contributed by atoms with Gasteiger partial charge in [-0.15, -0.1) is 0 Å². The Morgan fingerprint density at radius 1 is 1.19 bits per heavy atom. The molecule has 5 nitrogen and oxygen atoms in total. The molecule has 2 heterocycles. The number of pyridine rings is 2. The molecule has 0 fully saturated rings. The number of aromatic nitrogens is 2. The molecule has 0 aromatic carbocycles. The van der Waals surface area contributed by atoms with E-state index >= 15 is 0 Å². The fraction of sp³-hybridized carbons (Fsp3) is 0. The van der Waals surface area contributed by atoms with Crippen molar-refractivity contribution >= 4 is 18.4 Å². The molecule has 0 bridgehead atoms. The molecule has 0 aliphatic carbocycles. The fourth-order valence-corrected chi connectivity index (χ4v) is 1.40. The van der Waals surface area contributed by atoms with E-state index in [1.165, 1.54) is 6.20 Å². The van der Waals surface area contributed by atoms with E-state index in [1.807, 2.05) is 0 Å². The lowest BCUT2D eigenvalue weighted by molar-refractivity contribution is 0.425. The number of nitrogens with zero attached hydrogens (tertiary/aromatic N) is 2. The lowest BCUT2D eigenvalue weighted by Crippen LogP contribution is -2.30. The van der Waals surface area contributed by atoms with Gasteiger partial charge in [0.15, 0.2) is 0 Å². The third-order valence-corrected chi connectivity index (χ3v) is 2.23. The van der Waals surface area contributed by atoms with Crippen LogP contribution >= 0.6 is 0 Å². The third kappa shape index (κ3) is 2.02. The van der Waals surface area contributed by atoms with Gasteiger partial charge in [-0.25, -0.2) is 4.98 Å². The van der Waals surface area contributed by atoms with Gasteiger partial charge >= 0.3 is 7.12 Å². The smallest absolute Gasteiger partial charge is 0.423 e. The van der Waals surface area contributed by atoms with Crippen LogP contribution in [0.1, 0.15) is 0 Å². The summed E-state index contributed by atoms with van der Waals surface area (Å²) < 4.78 is 0. The monoisotopic (exact) mass is 215 g/mol. The van der Waals surface area contributed by atoms with Gasteiger partial charge in [-0.1, -0.05) is 0 Å². The summed E-state index contributed by atoms with van der Waals surface area (Å²) in [5.74, 6) is 0.343. The van der Waals surface area contributed by atoms with Crippen molar-refractivity contribution in [2.75, 3.05) is 5.73 Å². The maximum atomic E-state index is 9.05. The van der Waals surface area contributed by atoms with Crippen LogP contribution in [0.25, 0.3) is 11.1 Å². The van der Waals surface area contributed by atoms with Crippen molar-refractivity contribution in [2.24, 2.45) is 0 Å². The Kier molecular flexibility index (Phi) is 2.85. The first-order valence-corrected chi connectivity index (χ1v) is 4.70. The van der Waals surface area contributed by atoms with Gasteiger partial charge in [0, 0.05) is 29.6 Å². The number of anilines is 1. The zero-order valence-electron chi connectivity index (χ0n) is 8.41. The van der Waals surface area contributed by atoms with Crippen LogP contribution in [0, 0.1) is 0 Å². The molecule has 0 radical (unpaired) electrons. The summed E-state index contributed by atoms with van der Waals surface area (Å²) in [6, 6.07) is 5.16. The predicted molar refractivity (Wildman–Crippen MR) is 61.7 cm³/mol. The number of nitrogen functional groups attached to an aromatic ring is 1. The van der Waals surface area contributed by atoms with Crippen LogP contribution in [0.2, 0.25) is 0 Å². The molecule has 0 aliphatic heterocycles. The number of hydrogen-bond donors (Lipinski definition) is 3. The Bertz CT molecular complexity index is 491. The summed E-state index contributed by atoms with van der Waals surface area (Å²) in [7, 11) is -1.55. The standard InChI is InChI=1S/C10H10BN3O2/c12-10-9(7-1-3-13-4-2-7)5-8(6-14-10)11(15)16/h1-6,15-16H,(H2,12,14). The van der Waals surface area contributed by atoms with Crippen molar-refractivity contribution in [3.63, 3.8) is 0 Å². The highest BCUT2D eigenvalue weighted by Crippen LogP contribution is 2.21. The summed E-state index contributed by atoms with van der Waals surface area (Å²) in [6.45, 7) is 0. The van der Waals surface area contributed by atoms with Gasteiger partial charge in [0.2, 0.25) is 0 Å². The summed E-state index contributed by atoms with van der Waals surface area (Å²) in [5, 5.41) is 18.1. The molecular weight excluding hydrogens is 205 g/mol. The summed E-state index contributed by atoms with van der Waals surface area (Å²) in [6.07, 6.45) is 4.61. The van der Waals surface area contributed by atoms with E-state index in [4.69, 9.17) is 15.8 Å². The maximum absolute atomic E-state index is 9.05. The minimum Gasteiger partial charge on any atom is -0.423 e. The molecule has 0 atom stereocenters. The molecule has 16 heavy (non-hydrogen) atoms. The second kappa shape index (κ2) is 4.30. The molecule has 80 valence electrons. The number of rotatable bonds is 2. The van der Waals surface area contributed by atoms with Crippen molar-refractivity contribution in [1.29, 1.82) is 0 Å². The number of hydrogen-bond acceptors (Lipinski definition) is 5. The largest absolute Gasteiger partial charge is 0.490 e. The van der Waals surface area contributed by atoms with Crippen LogP contribution in [0.15, 0.2) is 36.8 Å². The second-order valence-corrected chi connectivity index (χ2v) is 3.31. The van der Waals surface area contributed by atoms with Gasteiger partial charge in [0.1, 0.15) is 5.82 Å². The average molecular weight is 215 g/mol.